The van der Waals surface area contributed by atoms with Crippen molar-refractivity contribution in [3.8, 4) is 0 Å². The average Bonchev–Trinajstić information content (AvgIpc) is 2.65. The molecule has 1 amide bonds. The highest BCUT2D eigenvalue weighted by Gasteiger charge is 2.22. The molecule has 3 aromatic rings. The molecule has 6 nitrogen and oxygen atoms in total. The quantitative estimate of drug-likeness (QED) is 0.495. The van der Waals surface area contributed by atoms with Gasteiger partial charge in [-0.2, -0.15) is 5.10 Å². The van der Waals surface area contributed by atoms with Crippen molar-refractivity contribution in [1.29, 1.82) is 0 Å². The lowest BCUT2D eigenvalue weighted by Crippen LogP contribution is -2.39. The number of benzene rings is 3. The maximum Gasteiger partial charge on any atom is 0.260 e. The Morgan fingerprint density at radius 1 is 1.11 bits per heavy atom. The van der Waals surface area contributed by atoms with Gasteiger partial charge in [-0.3, -0.25) is 9.10 Å². The van der Waals surface area contributed by atoms with Crippen molar-refractivity contribution >= 4 is 50.2 Å². The van der Waals surface area contributed by atoms with Crippen molar-refractivity contribution in [1.82, 2.24) is 5.43 Å². The number of carbonyl (C=O) groups excluding carboxylic acids is 1. The van der Waals surface area contributed by atoms with Crippen LogP contribution in [0.1, 0.15) is 5.56 Å². The molecule has 0 heterocycles. The van der Waals surface area contributed by atoms with Crippen molar-refractivity contribution in [2.45, 2.75) is 0 Å². The van der Waals surface area contributed by atoms with E-state index in [1.165, 1.54) is 6.21 Å². The molecule has 0 aromatic heterocycles. The van der Waals surface area contributed by atoms with E-state index >= 15 is 0 Å². The van der Waals surface area contributed by atoms with E-state index in [-0.39, 0.29) is 6.54 Å². The number of nitrogens with one attached hydrogen (secondary N) is 1. The summed E-state index contributed by atoms with van der Waals surface area (Å²) in [5.74, 6) is -0.559. The van der Waals surface area contributed by atoms with Crippen LogP contribution in [0.5, 0.6) is 0 Å². The first-order chi connectivity index (χ1) is 13.3. The summed E-state index contributed by atoms with van der Waals surface area (Å²) in [4.78, 5) is 12.3. The summed E-state index contributed by atoms with van der Waals surface area (Å²) in [5, 5.41) is 6.04. The monoisotopic (exact) mass is 415 g/mol. The molecule has 1 N–H and O–H groups in total. The number of nitrogens with zero attached hydrogens (tertiary/aromatic N) is 2. The number of carbonyl (C=O) groups is 1. The molecule has 0 aliphatic heterocycles. The Kier molecular flexibility index (Phi) is 5.96. The minimum atomic E-state index is -3.68. The highest BCUT2D eigenvalue weighted by atomic mass is 35.5. The summed E-state index contributed by atoms with van der Waals surface area (Å²) < 4.78 is 25.7. The van der Waals surface area contributed by atoms with Crippen LogP contribution in [0.4, 0.5) is 5.69 Å². The minimum absolute atomic E-state index is 0.389. The summed E-state index contributed by atoms with van der Waals surface area (Å²) in [6.45, 7) is -0.389. The van der Waals surface area contributed by atoms with Gasteiger partial charge in [0.05, 0.1) is 18.2 Å². The number of halogens is 1. The lowest BCUT2D eigenvalue weighted by Gasteiger charge is -2.23. The second-order valence-corrected chi connectivity index (χ2v) is 8.46. The molecule has 0 atom stereocenters. The van der Waals surface area contributed by atoms with Gasteiger partial charge in [-0.25, -0.2) is 13.8 Å². The molecule has 0 saturated carbocycles. The Morgan fingerprint density at radius 2 is 1.82 bits per heavy atom. The molecule has 8 heteroatoms. The van der Waals surface area contributed by atoms with Gasteiger partial charge in [0.2, 0.25) is 10.0 Å². The van der Waals surface area contributed by atoms with E-state index < -0.39 is 15.9 Å². The van der Waals surface area contributed by atoms with Crippen LogP contribution in [0.3, 0.4) is 0 Å². The third-order valence-corrected chi connectivity index (χ3v) is 5.34. The first kappa shape index (κ1) is 19.9. The van der Waals surface area contributed by atoms with E-state index in [1.54, 1.807) is 36.4 Å². The van der Waals surface area contributed by atoms with Crippen LogP contribution in [0.2, 0.25) is 5.02 Å². The number of fused-ring (bicyclic) bond motifs is 1. The standard InChI is InChI=1S/C20H18ClN3O3S/c1-28(26,27)24(19-11-5-8-16-7-2-3-10-18(16)19)14-20(25)23-22-13-15-6-4-9-17(21)12-15/h2-13H,14H2,1H3,(H,23,25)/b22-13-. The fraction of sp³-hybridized carbons (Fsp3) is 0.100. The van der Waals surface area contributed by atoms with E-state index in [2.05, 4.69) is 10.5 Å². The summed E-state index contributed by atoms with van der Waals surface area (Å²) in [5.41, 5.74) is 3.50. The molecule has 0 unspecified atom stereocenters. The van der Waals surface area contributed by atoms with Gasteiger partial charge < -0.3 is 0 Å². The normalized spacial score (nSPS) is 11.6. The van der Waals surface area contributed by atoms with Crippen LogP contribution in [-0.4, -0.2) is 33.3 Å². The van der Waals surface area contributed by atoms with Crippen LogP contribution >= 0.6 is 11.6 Å². The van der Waals surface area contributed by atoms with E-state index in [4.69, 9.17) is 11.6 Å². The number of rotatable bonds is 6. The number of hydrogen-bond acceptors (Lipinski definition) is 4. The fourth-order valence-corrected chi connectivity index (χ4v) is 3.81. The highest BCUT2D eigenvalue weighted by Crippen LogP contribution is 2.28. The van der Waals surface area contributed by atoms with E-state index in [9.17, 15) is 13.2 Å². The molecule has 144 valence electrons. The summed E-state index contributed by atoms with van der Waals surface area (Å²) in [6, 6.07) is 19.7. The topological polar surface area (TPSA) is 78.8 Å². The lowest BCUT2D eigenvalue weighted by atomic mass is 10.1. The second-order valence-electron chi connectivity index (χ2n) is 6.12. The largest absolute Gasteiger partial charge is 0.271 e. The van der Waals surface area contributed by atoms with Gasteiger partial charge in [-0.05, 0) is 29.1 Å². The maximum atomic E-state index is 12.3. The molecular formula is C20H18ClN3O3S. The number of anilines is 1. The number of hydrogen-bond donors (Lipinski definition) is 1. The first-order valence-electron chi connectivity index (χ1n) is 8.37. The number of hydrazone groups is 1. The van der Waals surface area contributed by atoms with Gasteiger partial charge in [-0.1, -0.05) is 60.1 Å². The Labute approximate surface area is 168 Å². The Bertz CT molecular complexity index is 1140. The average molecular weight is 416 g/mol. The molecule has 0 spiro atoms. The molecule has 3 rings (SSSR count). The van der Waals surface area contributed by atoms with Crippen molar-refractivity contribution in [3.63, 3.8) is 0 Å². The van der Waals surface area contributed by atoms with Crippen molar-refractivity contribution in [3.05, 3.63) is 77.3 Å². The van der Waals surface area contributed by atoms with Gasteiger partial charge in [-0.15, -0.1) is 0 Å². The molecule has 0 fully saturated rings. The minimum Gasteiger partial charge on any atom is -0.271 e. The second kappa shape index (κ2) is 8.41. The summed E-state index contributed by atoms with van der Waals surface area (Å²) in [6.07, 6.45) is 2.50. The summed E-state index contributed by atoms with van der Waals surface area (Å²) >= 11 is 5.90. The van der Waals surface area contributed by atoms with Gasteiger partial charge >= 0.3 is 0 Å². The molecule has 0 bridgehead atoms. The van der Waals surface area contributed by atoms with Crippen LogP contribution < -0.4 is 9.73 Å². The predicted octanol–water partition coefficient (Wildman–Crippen LogP) is 3.41. The number of sulfonamides is 1. The zero-order valence-electron chi connectivity index (χ0n) is 15.0. The van der Waals surface area contributed by atoms with Gasteiger partial charge in [0, 0.05) is 10.4 Å². The zero-order valence-corrected chi connectivity index (χ0v) is 16.6. The molecule has 3 aromatic carbocycles. The van der Waals surface area contributed by atoms with Crippen LogP contribution in [0.15, 0.2) is 71.8 Å². The van der Waals surface area contributed by atoms with Crippen molar-refractivity contribution in [2.24, 2.45) is 5.10 Å². The Morgan fingerprint density at radius 3 is 2.57 bits per heavy atom. The van der Waals surface area contributed by atoms with Crippen LogP contribution in [0.25, 0.3) is 10.8 Å². The van der Waals surface area contributed by atoms with E-state index in [0.29, 0.717) is 16.3 Å². The van der Waals surface area contributed by atoms with Crippen LogP contribution in [0, 0.1) is 0 Å². The maximum absolute atomic E-state index is 12.3. The van der Waals surface area contributed by atoms with Crippen molar-refractivity contribution in [2.75, 3.05) is 17.1 Å². The van der Waals surface area contributed by atoms with Crippen LogP contribution in [-0.2, 0) is 14.8 Å². The van der Waals surface area contributed by atoms with E-state index in [1.807, 2.05) is 30.3 Å². The number of amides is 1. The SMILES string of the molecule is CS(=O)(=O)N(CC(=O)N/N=C\c1cccc(Cl)c1)c1cccc2ccccc12. The highest BCUT2D eigenvalue weighted by molar-refractivity contribution is 7.92. The van der Waals surface area contributed by atoms with Gasteiger partial charge in [0.25, 0.3) is 5.91 Å². The third-order valence-electron chi connectivity index (χ3n) is 3.97. The Hall–Kier alpha value is -2.90. The van der Waals surface area contributed by atoms with Gasteiger partial charge in [0.15, 0.2) is 0 Å². The predicted molar refractivity (Wildman–Crippen MR) is 113 cm³/mol. The smallest absolute Gasteiger partial charge is 0.260 e. The van der Waals surface area contributed by atoms with Gasteiger partial charge in [0.1, 0.15) is 6.54 Å². The molecule has 28 heavy (non-hydrogen) atoms. The molecule has 0 aliphatic rings. The molecule has 0 radical (unpaired) electrons. The Balaban J connectivity index is 1.81. The molecular weight excluding hydrogens is 398 g/mol. The molecule has 0 aliphatic carbocycles. The lowest BCUT2D eigenvalue weighted by molar-refractivity contribution is -0.119. The molecule has 0 saturated heterocycles. The first-order valence-corrected chi connectivity index (χ1v) is 10.6. The van der Waals surface area contributed by atoms with E-state index in [0.717, 1.165) is 21.3 Å². The summed E-state index contributed by atoms with van der Waals surface area (Å²) in [7, 11) is -3.68. The third kappa shape index (κ3) is 4.88. The van der Waals surface area contributed by atoms with Crippen molar-refractivity contribution < 1.29 is 13.2 Å². The zero-order chi connectivity index (χ0) is 20.1. The fourth-order valence-electron chi connectivity index (χ4n) is 2.74.